The van der Waals surface area contributed by atoms with E-state index in [2.05, 4.69) is 10.2 Å². The van der Waals surface area contributed by atoms with Gasteiger partial charge in [-0.2, -0.15) is 5.10 Å². The third kappa shape index (κ3) is 2.07. The quantitative estimate of drug-likeness (QED) is 0.554. The Kier molecular flexibility index (Phi) is 3.11. The molecular formula is C17H11ClFN3O2. The fraction of sp³-hybridized carbons (Fsp3) is 0.0588. The number of aromatic hydroxyl groups is 1. The van der Waals surface area contributed by atoms with Gasteiger partial charge in [0.15, 0.2) is 5.65 Å². The van der Waals surface area contributed by atoms with Gasteiger partial charge in [-0.1, -0.05) is 17.7 Å². The Morgan fingerprint density at radius 3 is 2.79 bits per heavy atom. The van der Waals surface area contributed by atoms with Crippen LogP contribution in [0.4, 0.5) is 4.39 Å². The molecule has 24 heavy (non-hydrogen) atoms. The number of phenolic OH excluding ortho intramolecular Hbond substituents is 1. The number of rotatable bonds is 1. The molecule has 0 saturated heterocycles. The van der Waals surface area contributed by atoms with Gasteiger partial charge in [0.05, 0.1) is 10.5 Å². The lowest BCUT2D eigenvalue weighted by Gasteiger charge is -2.11. The summed E-state index contributed by atoms with van der Waals surface area (Å²) in [5.74, 6) is -0.519. The van der Waals surface area contributed by atoms with Crippen LogP contribution in [-0.4, -0.2) is 19.7 Å². The second-order valence-electron chi connectivity index (χ2n) is 5.57. The van der Waals surface area contributed by atoms with Gasteiger partial charge in [0.1, 0.15) is 11.6 Å². The number of nitrogens with one attached hydrogen (secondary N) is 1. The van der Waals surface area contributed by atoms with Crippen LogP contribution in [-0.2, 0) is 0 Å². The summed E-state index contributed by atoms with van der Waals surface area (Å²) in [6, 6.07) is 9.20. The molecule has 2 heterocycles. The maximum absolute atomic E-state index is 13.4. The summed E-state index contributed by atoms with van der Waals surface area (Å²) in [5, 5.41) is 17.5. The van der Waals surface area contributed by atoms with Crippen LogP contribution in [0.3, 0.4) is 0 Å². The van der Waals surface area contributed by atoms with Crippen molar-refractivity contribution in [1.29, 1.82) is 0 Å². The van der Waals surface area contributed by atoms with Crippen LogP contribution >= 0.6 is 11.6 Å². The molecule has 0 bridgehead atoms. The topological polar surface area (TPSA) is 70.4 Å². The standard InChI is InChI=1S/C17H11ClFN3O2/c1-8-4-16-20-21-17(24)22(16)14-6-11(15(23)7-10(8)14)9-2-3-13(19)12(18)5-9/h2-7,23H,1H3,(H,21,24). The Labute approximate surface area is 139 Å². The van der Waals surface area contributed by atoms with Crippen molar-refractivity contribution in [2.45, 2.75) is 6.92 Å². The second kappa shape index (κ2) is 5.07. The monoisotopic (exact) mass is 343 g/mol. The Morgan fingerprint density at radius 1 is 1.25 bits per heavy atom. The molecule has 4 aromatic rings. The van der Waals surface area contributed by atoms with Gasteiger partial charge in [0.2, 0.25) is 0 Å². The van der Waals surface area contributed by atoms with Gasteiger partial charge in [-0.3, -0.25) is 0 Å². The van der Waals surface area contributed by atoms with E-state index in [0.717, 1.165) is 10.9 Å². The molecule has 7 heteroatoms. The van der Waals surface area contributed by atoms with Crippen LogP contribution in [0, 0.1) is 12.7 Å². The maximum Gasteiger partial charge on any atom is 0.348 e. The minimum absolute atomic E-state index is 0.0177. The number of benzene rings is 2. The van der Waals surface area contributed by atoms with Crippen LogP contribution in [0.1, 0.15) is 5.56 Å². The Balaban J connectivity index is 2.12. The minimum atomic E-state index is -0.537. The fourth-order valence-corrected chi connectivity index (χ4v) is 3.06. The summed E-state index contributed by atoms with van der Waals surface area (Å²) in [4.78, 5) is 12.0. The van der Waals surface area contributed by atoms with Gasteiger partial charge < -0.3 is 5.11 Å². The van der Waals surface area contributed by atoms with Crippen molar-refractivity contribution in [2.75, 3.05) is 0 Å². The van der Waals surface area contributed by atoms with E-state index in [1.807, 2.05) is 6.92 Å². The first kappa shape index (κ1) is 14.7. The van der Waals surface area contributed by atoms with Crippen LogP contribution in [0.25, 0.3) is 27.7 Å². The molecular weight excluding hydrogens is 333 g/mol. The number of aromatic nitrogens is 3. The van der Waals surface area contributed by atoms with Gasteiger partial charge in [-0.05, 0) is 48.4 Å². The predicted octanol–water partition coefficient (Wildman–Crippen LogP) is 3.65. The van der Waals surface area contributed by atoms with Gasteiger partial charge in [0.25, 0.3) is 0 Å². The lowest BCUT2D eigenvalue weighted by atomic mass is 10.0. The summed E-state index contributed by atoms with van der Waals surface area (Å²) >= 11 is 5.84. The number of H-pyrrole nitrogens is 1. The number of aryl methyl sites for hydroxylation is 1. The van der Waals surface area contributed by atoms with E-state index >= 15 is 0 Å². The number of halogens is 2. The molecule has 2 aromatic heterocycles. The molecule has 0 spiro atoms. The maximum atomic E-state index is 13.4. The average Bonchev–Trinajstić information content (AvgIpc) is 2.91. The zero-order chi connectivity index (χ0) is 17.0. The van der Waals surface area contributed by atoms with Crippen LogP contribution in [0.5, 0.6) is 5.75 Å². The Hall–Kier alpha value is -2.86. The molecule has 2 aromatic carbocycles. The number of pyridine rings is 1. The van der Waals surface area contributed by atoms with Crippen LogP contribution < -0.4 is 5.69 Å². The highest BCUT2D eigenvalue weighted by molar-refractivity contribution is 6.31. The molecule has 0 atom stereocenters. The highest BCUT2D eigenvalue weighted by Gasteiger charge is 2.14. The lowest BCUT2D eigenvalue weighted by Crippen LogP contribution is -2.10. The smallest absolute Gasteiger partial charge is 0.348 e. The van der Waals surface area contributed by atoms with E-state index < -0.39 is 5.82 Å². The van der Waals surface area contributed by atoms with E-state index in [-0.39, 0.29) is 16.5 Å². The summed E-state index contributed by atoms with van der Waals surface area (Å²) < 4.78 is 14.8. The fourth-order valence-electron chi connectivity index (χ4n) is 2.88. The van der Waals surface area contributed by atoms with Crippen molar-refractivity contribution in [3.8, 4) is 16.9 Å². The van der Waals surface area contributed by atoms with Crippen LogP contribution in [0.15, 0.2) is 41.2 Å². The average molecular weight is 344 g/mol. The zero-order valence-corrected chi connectivity index (χ0v) is 13.2. The van der Waals surface area contributed by atoms with Crippen molar-refractivity contribution >= 4 is 28.2 Å². The van der Waals surface area contributed by atoms with Crippen molar-refractivity contribution in [2.24, 2.45) is 0 Å². The first-order valence-electron chi connectivity index (χ1n) is 7.14. The Morgan fingerprint density at radius 2 is 2.04 bits per heavy atom. The minimum Gasteiger partial charge on any atom is -0.507 e. The number of hydrogen-bond acceptors (Lipinski definition) is 3. The lowest BCUT2D eigenvalue weighted by molar-refractivity contribution is 0.478. The van der Waals surface area contributed by atoms with Crippen molar-refractivity contribution in [1.82, 2.24) is 14.6 Å². The van der Waals surface area contributed by atoms with E-state index in [0.29, 0.717) is 22.3 Å². The molecule has 0 unspecified atom stereocenters. The normalized spacial score (nSPS) is 11.5. The first-order chi connectivity index (χ1) is 11.5. The number of nitrogens with zero attached hydrogens (tertiary/aromatic N) is 2. The van der Waals surface area contributed by atoms with E-state index in [1.54, 1.807) is 18.2 Å². The SMILES string of the molecule is Cc1cc2n[nH]c(=O)n2c2cc(-c3ccc(F)c(Cl)c3)c(O)cc12. The van der Waals surface area contributed by atoms with Gasteiger partial charge in [0, 0.05) is 10.9 Å². The zero-order valence-electron chi connectivity index (χ0n) is 12.5. The van der Waals surface area contributed by atoms with Crippen molar-refractivity contribution in [3.05, 3.63) is 63.3 Å². The number of hydrogen-bond donors (Lipinski definition) is 2. The molecule has 0 amide bonds. The number of fused-ring (bicyclic) bond motifs is 3. The van der Waals surface area contributed by atoms with E-state index in [9.17, 15) is 14.3 Å². The molecule has 4 rings (SSSR count). The third-order valence-electron chi connectivity index (χ3n) is 4.05. The Bertz CT molecular complexity index is 1180. The molecule has 0 saturated carbocycles. The molecule has 120 valence electrons. The molecule has 0 aliphatic carbocycles. The van der Waals surface area contributed by atoms with Crippen LogP contribution in [0.2, 0.25) is 5.02 Å². The highest BCUT2D eigenvalue weighted by Crippen LogP contribution is 2.36. The largest absolute Gasteiger partial charge is 0.507 e. The van der Waals surface area contributed by atoms with E-state index in [1.165, 1.54) is 22.6 Å². The molecule has 0 aliphatic heterocycles. The van der Waals surface area contributed by atoms with Gasteiger partial charge in [-0.25, -0.2) is 18.7 Å². The van der Waals surface area contributed by atoms with Crippen molar-refractivity contribution in [3.63, 3.8) is 0 Å². The highest BCUT2D eigenvalue weighted by atomic mass is 35.5. The van der Waals surface area contributed by atoms with Gasteiger partial charge >= 0.3 is 5.69 Å². The third-order valence-corrected chi connectivity index (χ3v) is 4.34. The number of aromatic amines is 1. The molecule has 5 nitrogen and oxygen atoms in total. The van der Waals surface area contributed by atoms with Crippen molar-refractivity contribution < 1.29 is 9.50 Å². The molecule has 0 aliphatic rings. The second-order valence-corrected chi connectivity index (χ2v) is 5.97. The first-order valence-corrected chi connectivity index (χ1v) is 7.52. The van der Waals surface area contributed by atoms with Gasteiger partial charge in [-0.15, -0.1) is 0 Å². The van der Waals surface area contributed by atoms with E-state index in [4.69, 9.17) is 11.6 Å². The molecule has 0 radical (unpaired) electrons. The summed E-state index contributed by atoms with van der Waals surface area (Å²) in [7, 11) is 0. The summed E-state index contributed by atoms with van der Waals surface area (Å²) in [6.07, 6.45) is 0. The number of phenols is 1. The summed E-state index contributed by atoms with van der Waals surface area (Å²) in [5.41, 5.74) is 2.58. The summed E-state index contributed by atoms with van der Waals surface area (Å²) in [6.45, 7) is 1.87. The molecule has 2 N–H and O–H groups in total. The molecule has 0 fully saturated rings. The predicted molar refractivity (Wildman–Crippen MR) is 90.1 cm³/mol.